The second kappa shape index (κ2) is 4.27. The number of carboxylic acid groups (broad SMARTS) is 1. The maximum Gasteiger partial charge on any atom is 0.311 e. The summed E-state index contributed by atoms with van der Waals surface area (Å²) in [6.45, 7) is 9.57. The van der Waals surface area contributed by atoms with Gasteiger partial charge in [0.15, 0.2) is 0 Å². The number of aliphatic carboxylic acids is 1. The van der Waals surface area contributed by atoms with E-state index in [0.717, 1.165) is 45.3 Å². The Kier molecular flexibility index (Phi) is 3.23. The fraction of sp³-hybridized carbons (Fsp3) is 0.929. The highest BCUT2D eigenvalue weighted by Crippen LogP contribution is 2.49. The predicted molar refractivity (Wildman–Crippen MR) is 67.9 cm³/mol. The van der Waals surface area contributed by atoms with Crippen LogP contribution in [-0.4, -0.2) is 35.6 Å². The van der Waals surface area contributed by atoms with Gasteiger partial charge in [-0.15, -0.1) is 0 Å². The molecule has 0 bridgehead atoms. The van der Waals surface area contributed by atoms with Crippen LogP contribution in [0, 0.1) is 16.7 Å². The lowest BCUT2D eigenvalue weighted by Crippen LogP contribution is -2.36. The Hall–Kier alpha value is -0.570. The highest BCUT2D eigenvalue weighted by molar-refractivity contribution is 5.76. The van der Waals surface area contributed by atoms with Crippen molar-refractivity contribution in [3.05, 3.63) is 0 Å². The first-order valence-electron chi connectivity index (χ1n) is 6.79. The average molecular weight is 239 g/mol. The second-order valence-corrected chi connectivity index (χ2v) is 7.10. The maximum absolute atomic E-state index is 11.5. The molecule has 0 spiro atoms. The van der Waals surface area contributed by atoms with E-state index in [4.69, 9.17) is 0 Å². The second-order valence-electron chi connectivity index (χ2n) is 7.10. The van der Waals surface area contributed by atoms with Gasteiger partial charge >= 0.3 is 5.97 Å². The van der Waals surface area contributed by atoms with Gasteiger partial charge in [0.2, 0.25) is 0 Å². The quantitative estimate of drug-likeness (QED) is 0.823. The summed E-state index contributed by atoms with van der Waals surface area (Å²) in [7, 11) is 0. The van der Waals surface area contributed by atoms with Crippen LogP contribution in [0.1, 0.15) is 46.5 Å². The van der Waals surface area contributed by atoms with Gasteiger partial charge in [0, 0.05) is 13.1 Å². The summed E-state index contributed by atoms with van der Waals surface area (Å²) in [5, 5.41) is 9.49. The summed E-state index contributed by atoms with van der Waals surface area (Å²) >= 11 is 0. The van der Waals surface area contributed by atoms with Crippen LogP contribution < -0.4 is 0 Å². The first-order chi connectivity index (χ1) is 7.83. The standard InChI is InChI=1S/C14H25NO2/c1-13(2,3)7-8-15-9-11-5-4-6-14(11,10-15)12(16)17/h11H,4-10H2,1-3H3,(H,16,17)/t11-,14+/m0/s1. The van der Waals surface area contributed by atoms with Crippen LogP contribution in [0.2, 0.25) is 0 Å². The summed E-state index contributed by atoms with van der Waals surface area (Å²) < 4.78 is 0. The number of hydrogen-bond donors (Lipinski definition) is 1. The lowest BCUT2D eigenvalue weighted by molar-refractivity contribution is -0.149. The molecule has 2 rings (SSSR count). The molecule has 1 heterocycles. The molecule has 0 aromatic rings. The van der Waals surface area contributed by atoms with Crippen molar-refractivity contribution in [2.75, 3.05) is 19.6 Å². The number of rotatable bonds is 3. The molecule has 1 saturated carbocycles. The topological polar surface area (TPSA) is 40.5 Å². The smallest absolute Gasteiger partial charge is 0.311 e. The van der Waals surface area contributed by atoms with Gasteiger partial charge in [-0.2, -0.15) is 0 Å². The van der Waals surface area contributed by atoms with Crippen molar-refractivity contribution in [3.8, 4) is 0 Å². The molecule has 0 unspecified atom stereocenters. The number of likely N-dealkylation sites (tertiary alicyclic amines) is 1. The van der Waals surface area contributed by atoms with Crippen LogP contribution in [0.15, 0.2) is 0 Å². The zero-order valence-corrected chi connectivity index (χ0v) is 11.3. The van der Waals surface area contributed by atoms with Crippen molar-refractivity contribution in [2.45, 2.75) is 46.5 Å². The Morgan fingerprint density at radius 2 is 2.18 bits per heavy atom. The SMILES string of the molecule is CC(C)(C)CCN1C[C@@H]2CCC[C@@]2(C(=O)O)C1. The van der Waals surface area contributed by atoms with Crippen molar-refractivity contribution in [2.24, 2.45) is 16.7 Å². The van der Waals surface area contributed by atoms with E-state index in [1.807, 2.05) is 0 Å². The average Bonchev–Trinajstić information content (AvgIpc) is 2.69. The number of nitrogens with zero attached hydrogens (tertiary/aromatic N) is 1. The Labute approximate surface area is 104 Å². The molecule has 0 amide bonds. The van der Waals surface area contributed by atoms with E-state index < -0.39 is 11.4 Å². The van der Waals surface area contributed by atoms with Crippen LogP contribution in [-0.2, 0) is 4.79 Å². The molecule has 17 heavy (non-hydrogen) atoms. The van der Waals surface area contributed by atoms with Gasteiger partial charge in [-0.25, -0.2) is 0 Å². The monoisotopic (exact) mass is 239 g/mol. The summed E-state index contributed by atoms with van der Waals surface area (Å²) in [6, 6.07) is 0. The van der Waals surface area contributed by atoms with Gasteiger partial charge in [-0.1, -0.05) is 27.2 Å². The van der Waals surface area contributed by atoms with Crippen molar-refractivity contribution >= 4 is 5.97 Å². The van der Waals surface area contributed by atoms with Gasteiger partial charge < -0.3 is 10.0 Å². The molecule has 2 atom stereocenters. The first kappa shape index (κ1) is 12.9. The van der Waals surface area contributed by atoms with Crippen molar-refractivity contribution in [3.63, 3.8) is 0 Å². The third kappa shape index (κ3) is 2.49. The van der Waals surface area contributed by atoms with Crippen molar-refractivity contribution < 1.29 is 9.90 Å². The molecule has 1 N–H and O–H groups in total. The zero-order valence-electron chi connectivity index (χ0n) is 11.3. The Balaban J connectivity index is 1.96. The van der Waals surface area contributed by atoms with Gasteiger partial charge in [0.1, 0.15) is 0 Å². The maximum atomic E-state index is 11.5. The van der Waals surface area contributed by atoms with Gasteiger partial charge in [0.25, 0.3) is 0 Å². The molecule has 2 aliphatic rings. The van der Waals surface area contributed by atoms with Crippen molar-refractivity contribution in [1.82, 2.24) is 4.90 Å². The molecule has 0 radical (unpaired) electrons. The molecule has 0 aromatic carbocycles. The summed E-state index contributed by atoms with van der Waals surface area (Å²) in [5.41, 5.74) is -0.0635. The van der Waals surface area contributed by atoms with Crippen LogP contribution in [0.4, 0.5) is 0 Å². The van der Waals surface area contributed by atoms with Crippen LogP contribution >= 0.6 is 0 Å². The summed E-state index contributed by atoms with van der Waals surface area (Å²) in [6.07, 6.45) is 4.25. The molecular weight excluding hydrogens is 214 g/mol. The minimum atomic E-state index is -0.557. The summed E-state index contributed by atoms with van der Waals surface area (Å²) in [4.78, 5) is 13.9. The molecule has 3 nitrogen and oxygen atoms in total. The molecule has 1 aliphatic heterocycles. The number of carbonyl (C=O) groups is 1. The van der Waals surface area contributed by atoms with E-state index in [1.165, 1.54) is 0 Å². The molecular formula is C14H25NO2. The predicted octanol–water partition coefficient (Wildman–Crippen LogP) is 2.61. The Bertz CT molecular complexity index is 308. The highest BCUT2D eigenvalue weighted by Gasteiger charge is 2.54. The third-order valence-electron chi connectivity index (χ3n) is 4.55. The largest absolute Gasteiger partial charge is 0.481 e. The first-order valence-corrected chi connectivity index (χ1v) is 6.79. The van der Waals surface area contributed by atoms with E-state index in [9.17, 15) is 9.90 Å². The minimum Gasteiger partial charge on any atom is -0.481 e. The molecule has 1 saturated heterocycles. The Morgan fingerprint density at radius 3 is 2.71 bits per heavy atom. The van der Waals surface area contributed by atoms with Crippen molar-refractivity contribution in [1.29, 1.82) is 0 Å². The molecule has 3 heteroatoms. The fourth-order valence-electron chi connectivity index (χ4n) is 3.41. The van der Waals surface area contributed by atoms with Crippen LogP contribution in [0.3, 0.4) is 0 Å². The van der Waals surface area contributed by atoms with Gasteiger partial charge in [0.05, 0.1) is 5.41 Å². The third-order valence-corrected chi connectivity index (χ3v) is 4.55. The fourth-order valence-corrected chi connectivity index (χ4v) is 3.41. The number of fused-ring (bicyclic) bond motifs is 1. The number of hydrogen-bond acceptors (Lipinski definition) is 2. The molecule has 98 valence electrons. The van der Waals surface area contributed by atoms with Crippen LogP contribution in [0.5, 0.6) is 0 Å². The van der Waals surface area contributed by atoms with Gasteiger partial charge in [-0.05, 0) is 37.1 Å². The zero-order chi connectivity index (χ0) is 12.7. The van der Waals surface area contributed by atoms with E-state index in [0.29, 0.717) is 11.3 Å². The van der Waals surface area contributed by atoms with E-state index >= 15 is 0 Å². The van der Waals surface area contributed by atoms with E-state index in [-0.39, 0.29) is 0 Å². The van der Waals surface area contributed by atoms with E-state index in [2.05, 4.69) is 25.7 Å². The Morgan fingerprint density at radius 1 is 1.47 bits per heavy atom. The van der Waals surface area contributed by atoms with Gasteiger partial charge in [-0.3, -0.25) is 4.79 Å². The molecule has 0 aromatic heterocycles. The summed E-state index contributed by atoms with van der Waals surface area (Å²) in [5.74, 6) is -0.154. The lowest BCUT2D eigenvalue weighted by Gasteiger charge is -2.25. The number of carboxylic acids is 1. The van der Waals surface area contributed by atoms with E-state index in [1.54, 1.807) is 0 Å². The van der Waals surface area contributed by atoms with Crippen LogP contribution in [0.25, 0.3) is 0 Å². The minimum absolute atomic E-state index is 0.341. The normalized spacial score (nSPS) is 33.9. The highest BCUT2D eigenvalue weighted by atomic mass is 16.4. The molecule has 1 aliphatic carbocycles. The molecule has 2 fully saturated rings. The lowest BCUT2D eigenvalue weighted by atomic mass is 9.81.